The van der Waals surface area contributed by atoms with Crippen LogP contribution in [-0.2, 0) is 0 Å². The zero-order valence-electron chi connectivity index (χ0n) is 10.3. The lowest BCUT2D eigenvalue weighted by Crippen LogP contribution is -2.12. The van der Waals surface area contributed by atoms with Crippen molar-refractivity contribution in [3.05, 3.63) is 29.8 Å². The molecule has 1 N–H and O–H groups in total. The zero-order valence-corrected chi connectivity index (χ0v) is 11.1. The Kier molecular flexibility index (Phi) is 4.23. The van der Waals surface area contributed by atoms with Crippen LogP contribution in [0, 0.1) is 0 Å². The number of hydrogen-bond donors (Lipinski definition) is 1. The average molecular weight is 223 g/mol. The molecule has 0 bridgehead atoms. The van der Waals surface area contributed by atoms with Gasteiger partial charge in [0.15, 0.2) is 0 Å². The number of thioether (sulfide) groups is 1. The summed E-state index contributed by atoms with van der Waals surface area (Å²) >= 11 is 1.91. The second kappa shape index (κ2) is 5.04. The van der Waals surface area contributed by atoms with Gasteiger partial charge in [0.25, 0.3) is 0 Å². The Labute approximate surface area is 97.7 Å². The Hall–Kier alpha value is -0.470. The van der Waals surface area contributed by atoms with Crippen LogP contribution in [0.15, 0.2) is 29.2 Å². The SMILES string of the molecule is CNC(C)c1ccc(SC(C)(C)C)cc1. The van der Waals surface area contributed by atoms with Gasteiger partial charge in [0, 0.05) is 15.7 Å². The monoisotopic (exact) mass is 223 g/mol. The molecule has 1 unspecified atom stereocenters. The maximum absolute atomic E-state index is 3.24. The molecule has 1 aromatic carbocycles. The fourth-order valence-electron chi connectivity index (χ4n) is 1.34. The highest BCUT2D eigenvalue weighted by atomic mass is 32.2. The molecule has 0 aromatic heterocycles. The lowest BCUT2D eigenvalue weighted by atomic mass is 10.1. The van der Waals surface area contributed by atoms with Crippen LogP contribution in [0.4, 0.5) is 0 Å². The first-order valence-electron chi connectivity index (χ1n) is 5.38. The van der Waals surface area contributed by atoms with Gasteiger partial charge in [-0.25, -0.2) is 0 Å². The molecule has 1 rings (SSSR count). The van der Waals surface area contributed by atoms with Crippen LogP contribution >= 0.6 is 11.8 Å². The van der Waals surface area contributed by atoms with Crippen molar-refractivity contribution in [3.8, 4) is 0 Å². The van der Waals surface area contributed by atoms with Gasteiger partial charge in [0.2, 0.25) is 0 Å². The summed E-state index contributed by atoms with van der Waals surface area (Å²) in [7, 11) is 1.99. The Morgan fingerprint density at radius 3 is 2.07 bits per heavy atom. The minimum absolute atomic E-state index is 0.288. The highest BCUT2D eigenvalue weighted by Crippen LogP contribution is 2.32. The van der Waals surface area contributed by atoms with E-state index < -0.39 is 0 Å². The molecular weight excluding hydrogens is 202 g/mol. The minimum Gasteiger partial charge on any atom is -0.313 e. The first kappa shape index (κ1) is 12.6. The first-order valence-corrected chi connectivity index (χ1v) is 6.20. The van der Waals surface area contributed by atoms with E-state index in [9.17, 15) is 0 Å². The molecule has 1 aromatic rings. The summed E-state index contributed by atoms with van der Waals surface area (Å²) in [5, 5.41) is 3.24. The van der Waals surface area contributed by atoms with Crippen molar-refractivity contribution in [2.45, 2.75) is 43.4 Å². The van der Waals surface area contributed by atoms with Gasteiger partial charge in [0.1, 0.15) is 0 Å². The molecule has 1 atom stereocenters. The molecule has 0 heterocycles. The molecule has 15 heavy (non-hydrogen) atoms. The standard InChI is InChI=1S/C13H21NS/c1-10(14-5)11-6-8-12(9-7-11)15-13(2,3)4/h6-10,14H,1-5H3. The summed E-state index contributed by atoms with van der Waals surface area (Å²) in [6.45, 7) is 8.89. The molecule has 2 heteroatoms. The van der Waals surface area contributed by atoms with E-state index in [1.54, 1.807) is 0 Å². The van der Waals surface area contributed by atoms with Gasteiger partial charge in [0.05, 0.1) is 0 Å². The molecule has 0 saturated carbocycles. The third kappa shape index (κ3) is 4.27. The van der Waals surface area contributed by atoms with E-state index in [1.807, 2.05) is 18.8 Å². The summed E-state index contributed by atoms with van der Waals surface area (Å²) in [4.78, 5) is 1.34. The fraction of sp³-hybridized carbons (Fsp3) is 0.538. The maximum atomic E-state index is 3.24. The Balaban J connectivity index is 2.72. The quantitative estimate of drug-likeness (QED) is 0.781. The molecule has 0 fully saturated rings. The van der Waals surface area contributed by atoms with Crippen LogP contribution < -0.4 is 5.32 Å². The second-order valence-corrected chi connectivity index (χ2v) is 6.69. The molecule has 0 aliphatic heterocycles. The summed E-state index contributed by atoms with van der Waals surface area (Å²) < 4.78 is 0.288. The van der Waals surface area contributed by atoms with Gasteiger partial charge in [-0.2, -0.15) is 0 Å². The van der Waals surface area contributed by atoms with Crippen molar-refractivity contribution in [3.63, 3.8) is 0 Å². The van der Waals surface area contributed by atoms with E-state index in [-0.39, 0.29) is 4.75 Å². The third-order valence-corrected chi connectivity index (χ3v) is 3.36. The maximum Gasteiger partial charge on any atom is 0.0289 e. The number of rotatable bonds is 3. The predicted octanol–water partition coefficient (Wildman–Crippen LogP) is 3.86. The van der Waals surface area contributed by atoms with Crippen LogP contribution in [-0.4, -0.2) is 11.8 Å². The molecule has 84 valence electrons. The summed E-state index contributed by atoms with van der Waals surface area (Å²) in [6.07, 6.45) is 0. The molecule has 0 spiro atoms. The molecule has 0 aliphatic carbocycles. The van der Waals surface area contributed by atoms with Gasteiger partial charge in [-0.1, -0.05) is 32.9 Å². The lowest BCUT2D eigenvalue weighted by molar-refractivity contribution is 0.652. The molecule has 0 amide bonds. The van der Waals surface area contributed by atoms with Crippen molar-refractivity contribution in [1.82, 2.24) is 5.32 Å². The fourth-order valence-corrected chi connectivity index (χ4v) is 2.32. The van der Waals surface area contributed by atoms with Gasteiger partial charge in [-0.3, -0.25) is 0 Å². The van der Waals surface area contributed by atoms with Gasteiger partial charge in [-0.15, -0.1) is 11.8 Å². The van der Waals surface area contributed by atoms with Crippen molar-refractivity contribution >= 4 is 11.8 Å². The van der Waals surface area contributed by atoms with Crippen LogP contribution in [0.25, 0.3) is 0 Å². The molecule has 0 radical (unpaired) electrons. The summed E-state index contributed by atoms with van der Waals surface area (Å²) in [6, 6.07) is 9.25. The van der Waals surface area contributed by atoms with E-state index >= 15 is 0 Å². The van der Waals surface area contributed by atoms with Gasteiger partial charge >= 0.3 is 0 Å². The van der Waals surface area contributed by atoms with Crippen LogP contribution in [0.3, 0.4) is 0 Å². The predicted molar refractivity (Wildman–Crippen MR) is 69.5 cm³/mol. The van der Waals surface area contributed by atoms with Crippen LogP contribution in [0.5, 0.6) is 0 Å². The van der Waals surface area contributed by atoms with Crippen LogP contribution in [0.1, 0.15) is 39.3 Å². The van der Waals surface area contributed by atoms with Gasteiger partial charge < -0.3 is 5.32 Å². The first-order chi connectivity index (χ1) is 6.92. The smallest absolute Gasteiger partial charge is 0.0289 e. The molecular formula is C13H21NS. The Morgan fingerprint density at radius 1 is 1.13 bits per heavy atom. The summed E-state index contributed by atoms with van der Waals surface area (Å²) in [5.41, 5.74) is 1.34. The Morgan fingerprint density at radius 2 is 1.67 bits per heavy atom. The van der Waals surface area contributed by atoms with E-state index in [0.717, 1.165) is 0 Å². The highest BCUT2D eigenvalue weighted by molar-refractivity contribution is 8.00. The van der Waals surface area contributed by atoms with Crippen molar-refractivity contribution in [2.75, 3.05) is 7.05 Å². The van der Waals surface area contributed by atoms with E-state index in [1.165, 1.54) is 10.5 Å². The largest absolute Gasteiger partial charge is 0.313 e. The molecule has 1 nitrogen and oxygen atoms in total. The molecule has 0 aliphatic rings. The van der Waals surface area contributed by atoms with Crippen molar-refractivity contribution in [2.24, 2.45) is 0 Å². The van der Waals surface area contributed by atoms with E-state index in [4.69, 9.17) is 0 Å². The highest BCUT2D eigenvalue weighted by Gasteiger charge is 2.12. The number of nitrogens with one attached hydrogen (secondary N) is 1. The number of benzene rings is 1. The topological polar surface area (TPSA) is 12.0 Å². The van der Waals surface area contributed by atoms with E-state index in [0.29, 0.717) is 6.04 Å². The van der Waals surface area contributed by atoms with Crippen molar-refractivity contribution in [1.29, 1.82) is 0 Å². The third-order valence-electron chi connectivity index (χ3n) is 2.24. The number of hydrogen-bond acceptors (Lipinski definition) is 2. The van der Waals surface area contributed by atoms with E-state index in [2.05, 4.69) is 57.3 Å². The van der Waals surface area contributed by atoms with Crippen molar-refractivity contribution < 1.29 is 0 Å². The van der Waals surface area contributed by atoms with Crippen LogP contribution in [0.2, 0.25) is 0 Å². The summed E-state index contributed by atoms with van der Waals surface area (Å²) in [5.74, 6) is 0. The Bertz CT molecular complexity index is 297. The zero-order chi connectivity index (χ0) is 11.5. The normalized spacial score (nSPS) is 13.9. The lowest BCUT2D eigenvalue weighted by Gasteiger charge is -2.18. The second-order valence-electron chi connectivity index (χ2n) is 4.79. The van der Waals surface area contributed by atoms with Gasteiger partial charge in [-0.05, 0) is 31.7 Å². The average Bonchev–Trinajstić information content (AvgIpc) is 2.15. The minimum atomic E-state index is 0.288. The molecule has 0 saturated heterocycles.